The van der Waals surface area contributed by atoms with Gasteiger partial charge in [0.05, 0.1) is 5.56 Å². The van der Waals surface area contributed by atoms with E-state index in [1.54, 1.807) is 19.1 Å². The van der Waals surface area contributed by atoms with E-state index < -0.39 is 12.1 Å². The van der Waals surface area contributed by atoms with Gasteiger partial charge in [0.2, 0.25) is 0 Å². The Balaban J connectivity index is 2.61. The number of hydrogen-bond donors (Lipinski definition) is 3. The topological polar surface area (TPSA) is 86.6 Å². The second-order valence-electron chi connectivity index (χ2n) is 3.56. The first-order valence-electron chi connectivity index (χ1n) is 4.80. The molecule has 0 saturated carbocycles. The van der Waals surface area contributed by atoms with Gasteiger partial charge >= 0.3 is 12.1 Å². The number of carboxylic acids is 1. The zero-order valence-corrected chi connectivity index (χ0v) is 8.80. The van der Waals surface area contributed by atoms with Crippen LogP contribution < -0.4 is 5.32 Å². The highest BCUT2D eigenvalue weighted by molar-refractivity contribution is 5.87. The summed E-state index contributed by atoms with van der Waals surface area (Å²) in [6.45, 7) is 1.75. The van der Waals surface area contributed by atoms with Gasteiger partial charge < -0.3 is 15.5 Å². The fraction of sp³-hybridized carbons (Fsp3) is 0.273. The Morgan fingerprint density at radius 1 is 1.25 bits per heavy atom. The molecule has 0 aliphatic carbocycles. The summed E-state index contributed by atoms with van der Waals surface area (Å²) in [5.74, 6) is -0.969. The smallest absolute Gasteiger partial charge is 0.404 e. The van der Waals surface area contributed by atoms with Crippen LogP contribution in [0.1, 0.15) is 22.8 Å². The number of carbonyl (C=O) groups is 2. The fourth-order valence-corrected chi connectivity index (χ4v) is 1.40. The second-order valence-corrected chi connectivity index (χ2v) is 3.56. The molecule has 1 atom stereocenters. The Morgan fingerprint density at radius 2 is 1.81 bits per heavy atom. The summed E-state index contributed by atoms with van der Waals surface area (Å²) in [5, 5.41) is 19.5. The van der Waals surface area contributed by atoms with Crippen LogP contribution in [0, 0.1) is 0 Å². The van der Waals surface area contributed by atoms with Gasteiger partial charge in [-0.3, -0.25) is 0 Å². The Kier molecular flexibility index (Phi) is 3.88. The first-order valence-corrected chi connectivity index (χ1v) is 4.80. The third-order valence-corrected chi connectivity index (χ3v) is 2.11. The van der Waals surface area contributed by atoms with E-state index in [1.165, 1.54) is 12.1 Å². The molecule has 0 radical (unpaired) electrons. The molecule has 1 rings (SSSR count). The van der Waals surface area contributed by atoms with E-state index in [1.807, 2.05) is 0 Å². The SMILES string of the molecule is CC(Cc1ccc(C(=O)O)cc1)NC(=O)O. The van der Waals surface area contributed by atoms with Crippen LogP contribution in [0.25, 0.3) is 0 Å². The van der Waals surface area contributed by atoms with Gasteiger partial charge in [0.15, 0.2) is 0 Å². The number of benzene rings is 1. The van der Waals surface area contributed by atoms with Gasteiger partial charge in [0.25, 0.3) is 0 Å². The van der Waals surface area contributed by atoms with Crippen LogP contribution >= 0.6 is 0 Å². The summed E-state index contributed by atoms with van der Waals surface area (Å²) in [5.41, 5.74) is 1.12. The maximum Gasteiger partial charge on any atom is 0.404 e. The highest BCUT2D eigenvalue weighted by Crippen LogP contribution is 2.07. The largest absolute Gasteiger partial charge is 0.478 e. The number of aromatic carboxylic acids is 1. The Bertz CT molecular complexity index is 385. The van der Waals surface area contributed by atoms with Crippen LogP contribution in [0.15, 0.2) is 24.3 Å². The molecular weight excluding hydrogens is 210 g/mol. The molecule has 1 aromatic rings. The molecule has 5 heteroatoms. The van der Waals surface area contributed by atoms with Crippen molar-refractivity contribution in [2.45, 2.75) is 19.4 Å². The highest BCUT2D eigenvalue weighted by Gasteiger charge is 2.07. The first-order chi connectivity index (χ1) is 7.49. The Labute approximate surface area is 92.7 Å². The van der Waals surface area contributed by atoms with E-state index in [0.717, 1.165) is 5.56 Å². The predicted octanol–water partition coefficient (Wildman–Crippen LogP) is 1.58. The Hall–Kier alpha value is -2.04. The average Bonchev–Trinajstić information content (AvgIpc) is 2.16. The Morgan fingerprint density at radius 3 is 2.25 bits per heavy atom. The van der Waals surface area contributed by atoms with Gasteiger partial charge in [-0.05, 0) is 31.0 Å². The molecular formula is C11H13NO4. The van der Waals surface area contributed by atoms with E-state index in [0.29, 0.717) is 6.42 Å². The van der Waals surface area contributed by atoms with Crippen LogP contribution in [0.3, 0.4) is 0 Å². The van der Waals surface area contributed by atoms with Crippen molar-refractivity contribution in [2.24, 2.45) is 0 Å². The minimum absolute atomic E-state index is 0.201. The molecule has 0 bridgehead atoms. The lowest BCUT2D eigenvalue weighted by molar-refractivity contribution is 0.0697. The number of carboxylic acid groups (broad SMARTS) is 2. The van der Waals surface area contributed by atoms with E-state index in [4.69, 9.17) is 10.2 Å². The van der Waals surface area contributed by atoms with Gasteiger partial charge in [-0.25, -0.2) is 9.59 Å². The number of amides is 1. The van der Waals surface area contributed by atoms with Crippen molar-refractivity contribution in [3.63, 3.8) is 0 Å². The zero-order valence-electron chi connectivity index (χ0n) is 8.80. The van der Waals surface area contributed by atoms with E-state index >= 15 is 0 Å². The molecule has 16 heavy (non-hydrogen) atoms. The maximum atomic E-state index is 10.6. The van der Waals surface area contributed by atoms with E-state index in [9.17, 15) is 9.59 Å². The summed E-state index contributed by atoms with van der Waals surface area (Å²) in [7, 11) is 0. The van der Waals surface area contributed by atoms with Crippen LogP contribution in [0.5, 0.6) is 0 Å². The number of hydrogen-bond acceptors (Lipinski definition) is 2. The van der Waals surface area contributed by atoms with Crippen LogP contribution in [0.2, 0.25) is 0 Å². The molecule has 0 aliphatic heterocycles. The molecule has 1 unspecified atom stereocenters. The zero-order chi connectivity index (χ0) is 12.1. The highest BCUT2D eigenvalue weighted by atomic mass is 16.4. The van der Waals surface area contributed by atoms with Crippen molar-refractivity contribution in [3.05, 3.63) is 35.4 Å². The number of nitrogens with one attached hydrogen (secondary N) is 1. The normalized spacial score (nSPS) is 11.8. The average molecular weight is 223 g/mol. The molecule has 0 aliphatic rings. The van der Waals surface area contributed by atoms with Crippen LogP contribution in [-0.4, -0.2) is 28.3 Å². The molecule has 0 fully saturated rings. The van der Waals surface area contributed by atoms with Crippen LogP contribution in [0.4, 0.5) is 4.79 Å². The lowest BCUT2D eigenvalue weighted by atomic mass is 10.1. The lowest BCUT2D eigenvalue weighted by Gasteiger charge is -2.11. The molecule has 1 amide bonds. The summed E-state index contributed by atoms with van der Waals surface area (Å²) < 4.78 is 0. The van der Waals surface area contributed by atoms with Gasteiger partial charge in [-0.1, -0.05) is 12.1 Å². The molecule has 0 saturated heterocycles. The molecule has 5 nitrogen and oxygen atoms in total. The molecule has 86 valence electrons. The van der Waals surface area contributed by atoms with E-state index in [-0.39, 0.29) is 11.6 Å². The van der Waals surface area contributed by atoms with Gasteiger partial charge in [-0.15, -0.1) is 0 Å². The van der Waals surface area contributed by atoms with Crippen LogP contribution in [-0.2, 0) is 6.42 Å². The van der Waals surface area contributed by atoms with Crippen molar-refractivity contribution in [2.75, 3.05) is 0 Å². The minimum atomic E-state index is -1.06. The standard InChI is InChI=1S/C11H13NO4/c1-7(12-11(15)16)6-8-2-4-9(5-3-8)10(13)14/h2-5,7,12H,6H2,1H3,(H,13,14)(H,15,16). The second kappa shape index (κ2) is 5.16. The molecule has 0 spiro atoms. The quantitative estimate of drug-likeness (QED) is 0.723. The predicted molar refractivity (Wildman–Crippen MR) is 57.7 cm³/mol. The van der Waals surface area contributed by atoms with Crippen molar-refractivity contribution in [1.29, 1.82) is 0 Å². The van der Waals surface area contributed by atoms with Gasteiger partial charge in [-0.2, -0.15) is 0 Å². The lowest BCUT2D eigenvalue weighted by Crippen LogP contribution is -2.32. The molecule has 0 heterocycles. The first kappa shape index (κ1) is 12.0. The van der Waals surface area contributed by atoms with Crippen molar-refractivity contribution < 1.29 is 19.8 Å². The fourth-order valence-electron chi connectivity index (χ4n) is 1.40. The summed E-state index contributed by atoms with van der Waals surface area (Å²) >= 11 is 0. The molecule has 3 N–H and O–H groups in total. The van der Waals surface area contributed by atoms with Crippen molar-refractivity contribution in [1.82, 2.24) is 5.32 Å². The van der Waals surface area contributed by atoms with Crippen molar-refractivity contribution in [3.8, 4) is 0 Å². The molecule has 0 aromatic heterocycles. The third-order valence-electron chi connectivity index (χ3n) is 2.11. The monoisotopic (exact) mass is 223 g/mol. The maximum absolute atomic E-state index is 10.6. The van der Waals surface area contributed by atoms with E-state index in [2.05, 4.69) is 5.32 Å². The summed E-state index contributed by atoms with van der Waals surface area (Å²) in [4.78, 5) is 20.9. The molecule has 1 aromatic carbocycles. The summed E-state index contributed by atoms with van der Waals surface area (Å²) in [6, 6.07) is 6.18. The third kappa shape index (κ3) is 3.61. The number of rotatable bonds is 4. The summed E-state index contributed by atoms with van der Waals surface area (Å²) in [6.07, 6.45) is -0.527. The minimum Gasteiger partial charge on any atom is -0.478 e. The van der Waals surface area contributed by atoms with Crippen molar-refractivity contribution >= 4 is 12.1 Å². The van der Waals surface area contributed by atoms with Gasteiger partial charge in [0.1, 0.15) is 0 Å². The van der Waals surface area contributed by atoms with Gasteiger partial charge in [0, 0.05) is 6.04 Å².